The lowest BCUT2D eigenvalue weighted by molar-refractivity contribution is 0.229. The minimum absolute atomic E-state index is 0.632. The summed E-state index contributed by atoms with van der Waals surface area (Å²) >= 11 is 0. The van der Waals surface area contributed by atoms with Crippen LogP contribution < -0.4 is 11.1 Å². The molecule has 3 N–H and O–H groups in total. The minimum atomic E-state index is 0.632. The molecule has 1 aliphatic rings. The van der Waals surface area contributed by atoms with E-state index in [2.05, 4.69) is 26.1 Å². The van der Waals surface area contributed by atoms with Gasteiger partial charge >= 0.3 is 0 Å². The molecule has 0 aliphatic heterocycles. The summed E-state index contributed by atoms with van der Waals surface area (Å²) in [6.07, 6.45) is 6.65. The lowest BCUT2D eigenvalue weighted by Gasteiger charge is -2.35. The van der Waals surface area contributed by atoms with Gasteiger partial charge in [-0.2, -0.15) is 0 Å². The SMILES string of the molecule is CCC(C)C(C)NC1CCCCC1CN. The molecule has 1 aliphatic carbocycles. The number of nitrogens with two attached hydrogens (primary N) is 1. The lowest BCUT2D eigenvalue weighted by Crippen LogP contribution is -2.47. The number of hydrogen-bond donors (Lipinski definition) is 2. The van der Waals surface area contributed by atoms with Gasteiger partial charge in [0.25, 0.3) is 0 Å². The highest BCUT2D eigenvalue weighted by molar-refractivity contribution is 4.84. The third-order valence-corrected chi connectivity index (χ3v) is 4.19. The summed E-state index contributed by atoms with van der Waals surface area (Å²) in [6, 6.07) is 1.31. The van der Waals surface area contributed by atoms with E-state index in [4.69, 9.17) is 5.73 Å². The van der Waals surface area contributed by atoms with E-state index in [0.717, 1.165) is 12.5 Å². The van der Waals surface area contributed by atoms with Crippen LogP contribution in [-0.4, -0.2) is 18.6 Å². The van der Waals surface area contributed by atoms with E-state index in [9.17, 15) is 0 Å². The highest BCUT2D eigenvalue weighted by Crippen LogP contribution is 2.24. The molecule has 0 aromatic heterocycles. The summed E-state index contributed by atoms with van der Waals surface area (Å²) in [7, 11) is 0. The topological polar surface area (TPSA) is 38.0 Å². The molecule has 0 amide bonds. The largest absolute Gasteiger partial charge is 0.330 e. The zero-order valence-corrected chi connectivity index (χ0v) is 10.6. The number of hydrogen-bond acceptors (Lipinski definition) is 2. The van der Waals surface area contributed by atoms with E-state index in [1.165, 1.54) is 32.1 Å². The van der Waals surface area contributed by atoms with Crippen LogP contribution in [0, 0.1) is 11.8 Å². The Morgan fingerprint density at radius 1 is 1.27 bits per heavy atom. The van der Waals surface area contributed by atoms with Crippen molar-refractivity contribution in [3.8, 4) is 0 Å². The van der Waals surface area contributed by atoms with Crippen LogP contribution in [0.25, 0.3) is 0 Å². The van der Waals surface area contributed by atoms with Gasteiger partial charge in [-0.25, -0.2) is 0 Å². The maximum absolute atomic E-state index is 5.84. The van der Waals surface area contributed by atoms with Crippen LogP contribution in [0.5, 0.6) is 0 Å². The van der Waals surface area contributed by atoms with Crippen molar-refractivity contribution < 1.29 is 0 Å². The zero-order valence-electron chi connectivity index (χ0n) is 10.6. The van der Waals surface area contributed by atoms with Crippen LogP contribution >= 0.6 is 0 Å². The predicted octanol–water partition coefficient (Wildman–Crippen LogP) is 2.53. The molecule has 15 heavy (non-hydrogen) atoms. The van der Waals surface area contributed by atoms with Gasteiger partial charge < -0.3 is 11.1 Å². The van der Waals surface area contributed by atoms with Crippen molar-refractivity contribution in [1.82, 2.24) is 5.32 Å². The van der Waals surface area contributed by atoms with Gasteiger partial charge in [-0.1, -0.05) is 33.1 Å². The van der Waals surface area contributed by atoms with Crippen molar-refractivity contribution in [2.45, 2.75) is 65.0 Å². The van der Waals surface area contributed by atoms with Gasteiger partial charge in [-0.3, -0.25) is 0 Å². The molecule has 2 heteroatoms. The van der Waals surface area contributed by atoms with Crippen molar-refractivity contribution in [2.24, 2.45) is 17.6 Å². The Kier molecular flexibility index (Phi) is 5.62. The highest BCUT2D eigenvalue weighted by Gasteiger charge is 2.25. The van der Waals surface area contributed by atoms with Crippen molar-refractivity contribution in [2.75, 3.05) is 6.54 Å². The second kappa shape index (κ2) is 6.49. The van der Waals surface area contributed by atoms with Gasteiger partial charge in [0.2, 0.25) is 0 Å². The molecule has 0 radical (unpaired) electrons. The van der Waals surface area contributed by atoms with Crippen molar-refractivity contribution in [3.05, 3.63) is 0 Å². The zero-order chi connectivity index (χ0) is 11.3. The average molecular weight is 212 g/mol. The summed E-state index contributed by atoms with van der Waals surface area (Å²) in [4.78, 5) is 0. The second-order valence-corrected chi connectivity index (χ2v) is 5.23. The average Bonchev–Trinajstić information content (AvgIpc) is 2.28. The molecule has 4 unspecified atom stereocenters. The van der Waals surface area contributed by atoms with Crippen molar-refractivity contribution in [3.63, 3.8) is 0 Å². The number of nitrogens with one attached hydrogen (secondary N) is 1. The summed E-state index contributed by atoms with van der Waals surface area (Å²) in [5.74, 6) is 1.48. The first kappa shape index (κ1) is 13.0. The normalized spacial score (nSPS) is 31.2. The Labute approximate surface area is 95.0 Å². The first-order valence-electron chi connectivity index (χ1n) is 6.65. The van der Waals surface area contributed by atoms with Crippen LogP contribution in [0.1, 0.15) is 52.9 Å². The summed E-state index contributed by atoms with van der Waals surface area (Å²) in [5.41, 5.74) is 5.84. The molecule has 4 atom stereocenters. The Morgan fingerprint density at radius 2 is 1.93 bits per heavy atom. The standard InChI is InChI=1S/C13H28N2/c1-4-10(2)11(3)15-13-8-6-5-7-12(13)9-14/h10-13,15H,4-9,14H2,1-3H3. The molecule has 0 spiro atoms. The quantitative estimate of drug-likeness (QED) is 0.735. The smallest absolute Gasteiger partial charge is 0.0110 e. The molecular formula is C13H28N2. The van der Waals surface area contributed by atoms with Gasteiger partial charge in [0.1, 0.15) is 0 Å². The van der Waals surface area contributed by atoms with E-state index in [-0.39, 0.29) is 0 Å². The fraction of sp³-hybridized carbons (Fsp3) is 1.00. The Hall–Kier alpha value is -0.0800. The highest BCUT2D eigenvalue weighted by atomic mass is 15.0. The Bertz CT molecular complexity index is 170. The number of rotatable bonds is 5. The minimum Gasteiger partial charge on any atom is -0.330 e. The molecule has 0 heterocycles. The molecule has 2 nitrogen and oxygen atoms in total. The van der Waals surface area contributed by atoms with Crippen LogP contribution in [0.4, 0.5) is 0 Å². The summed E-state index contributed by atoms with van der Waals surface area (Å²) < 4.78 is 0. The van der Waals surface area contributed by atoms with Crippen molar-refractivity contribution in [1.29, 1.82) is 0 Å². The van der Waals surface area contributed by atoms with Gasteiger partial charge in [0.15, 0.2) is 0 Å². The van der Waals surface area contributed by atoms with E-state index in [1.807, 2.05) is 0 Å². The van der Waals surface area contributed by atoms with Crippen LogP contribution in [-0.2, 0) is 0 Å². The third kappa shape index (κ3) is 3.76. The van der Waals surface area contributed by atoms with Crippen LogP contribution in [0.2, 0.25) is 0 Å². The van der Waals surface area contributed by atoms with Gasteiger partial charge in [0.05, 0.1) is 0 Å². The Balaban J connectivity index is 2.40. The molecule has 1 saturated carbocycles. The van der Waals surface area contributed by atoms with Gasteiger partial charge in [-0.15, -0.1) is 0 Å². The second-order valence-electron chi connectivity index (χ2n) is 5.23. The first-order valence-corrected chi connectivity index (χ1v) is 6.65. The third-order valence-electron chi connectivity index (χ3n) is 4.19. The molecule has 0 bridgehead atoms. The molecular weight excluding hydrogens is 184 g/mol. The molecule has 1 fully saturated rings. The maximum Gasteiger partial charge on any atom is 0.0110 e. The molecule has 90 valence electrons. The summed E-state index contributed by atoms with van der Waals surface area (Å²) in [5, 5.41) is 3.79. The van der Waals surface area contributed by atoms with Crippen LogP contribution in [0.15, 0.2) is 0 Å². The van der Waals surface area contributed by atoms with Crippen LogP contribution in [0.3, 0.4) is 0 Å². The molecule has 1 rings (SSSR count). The van der Waals surface area contributed by atoms with E-state index >= 15 is 0 Å². The molecule has 0 saturated heterocycles. The van der Waals surface area contributed by atoms with Gasteiger partial charge in [0, 0.05) is 12.1 Å². The monoisotopic (exact) mass is 212 g/mol. The molecule has 0 aromatic rings. The van der Waals surface area contributed by atoms with Gasteiger partial charge in [-0.05, 0) is 38.1 Å². The summed E-state index contributed by atoms with van der Waals surface area (Å²) in [6.45, 7) is 7.77. The van der Waals surface area contributed by atoms with E-state index in [1.54, 1.807) is 0 Å². The van der Waals surface area contributed by atoms with Crippen molar-refractivity contribution >= 4 is 0 Å². The predicted molar refractivity (Wildman–Crippen MR) is 66.9 cm³/mol. The molecule has 0 aromatic carbocycles. The first-order chi connectivity index (χ1) is 7.19. The maximum atomic E-state index is 5.84. The van der Waals surface area contributed by atoms with E-state index < -0.39 is 0 Å². The fourth-order valence-corrected chi connectivity index (χ4v) is 2.56. The fourth-order valence-electron chi connectivity index (χ4n) is 2.56. The lowest BCUT2D eigenvalue weighted by atomic mass is 9.83. The Morgan fingerprint density at radius 3 is 2.53 bits per heavy atom. The van der Waals surface area contributed by atoms with E-state index in [0.29, 0.717) is 18.0 Å².